The fraction of sp³-hybridized carbons (Fsp3) is 0.414. The molecule has 2 fully saturated rings. The molecule has 1 saturated carbocycles. The number of hydrogen-bond acceptors (Lipinski definition) is 7. The first-order valence-corrected chi connectivity index (χ1v) is 14.3. The normalized spacial score (nSPS) is 19.2. The molecule has 2 aliphatic rings. The van der Waals surface area contributed by atoms with Gasteiger partial charge in [-0.25, -0.2) is 9.37 Å². The van der Waals surface area contributed by atoms with Crippen LogP contribution in [0, 0.1) is 0 Å². The van der Waals surface area contributed by atoms with Gasteiger partial charge in [0.1, 0.15) is 17.7 Å². The van der Waals surface area contributed by atoms with Crippen molar-refractivity contribution in [2.45, 2.75) is 57.3 Å². The van der Waals surface area contributed by atoms with Crippen LogP contribution in [0.3, 0.4) is 0 Å². The molecule has 9 heteroatoms. The maximum absolute atomic E-state index is 13.4. The molecule has 1 saturated heterocycles. The average Bonchev–Trinajstić information content (AvgIpc) is 3.56. The molecule has 1 aromatic carbocycles. The summed E-state index contributed by atoms with van der Waals surface area (Å²) in [6.45, 7) is 7.52. The summed E-state index contributed by atoms with van der Waals surface area (Å²) in [7, 11) is 0. The summed E-state index contributed by atoms with van der Waals surface area (Å²) in [5.74, 6) is 1.48. The van der Waals surface area contributed by atoms with Crippen LogP contribution in [0.2, 0.25) is 0 Å². The van der Waals surface area contributed by atoms with E-state index in [0.717, 1.165) is 77.1 Å². The average molecular weight is 533 g/mol. The number of alkyl halides is 1. The van der Waals surface area contributed by atoms with Gasteiger partial charge < -0.3 is 15.0 Å². The fourth-order valence-electron chi connectivity index (χ4n) is 5.19. The van der Waals surface area contributed by atoms with Crippen LogP contribution >= 0.6 is 11.3 Å². The molecule has 0 bridgehead atoms. The first kappa shape index (κ1) is 25.0. The van der Waals surface area contributed by atoms with Gasteiger partial charge in [-0.2, -0.15) is 5.10 Å². The van der Waals surface area contributed by atoms with Crippen LogP contribution in [0.1, 0.15) is 38.5 Å². The zero-order valence-electron chi connectivity index (χ0n) is 21.5. The topological polar surface area (TPSA) is 68.1 Å². The molecule has 1 atom stereocenters. The number of nitrogens with one attached hydrogen (secondary N) is 1. The van der Waals surface area contributed by atoms with E-state index in [9.17, 15) is 4.39 Å². The first-order chi connectivity index (χ1) is 18.6. The maximum Gasteiger partial charge on any atom is 0.184 e. The molecule has 0 unspecified atom stereocenters. The molecule has 7 nitrogen and oxygen atoms in total. The Balaban J connectivity index is 1.10. The van der Waals surface area contributed by atoms with Crippen molar-refractivity contribution >= 4 is 26.7 Å². The highest BCUT2D eigenvalue weighted by Crippen LogP contribution is 2.34. The van der Waals surface area contributed by atoms with Crippen molar-refractivity contribution in [3.05, 3.63) is 61.1 Å². The van der Waals surface area contributed by atoms with E-state index in [-0.39, 0.29) is 0 Å². The number of fused-ring (bicyclic) bond motifs is 1. The van der Waals surface area contributed by atoms with Crippen molar-refractivity contribution < 1.29 is 9.13 Å². The minimum atomic E-state index is -0.645. The molecule has 1 aliphatic carbocycles. The Labute approximate surface area is 226 Å². The number of likely N-dealkylation sites (tertiary alicyclic amines) is 1. The fourth-order valence-corrected chi connectivity index (χ4v) is 6.13. The van der Waals surface area contributed by atoms with Crippen molar-refractivity contribution in [1.82, 2.24) is 24.6 Å². The van der Waals surface area contributed by atoms with Crippen molar-refractivity contribution in [2.75, 3.05) is 25.0 Å². The molecular formula is C29H33FN6OS. The molecule has 1 aliphatic heterocycles. The highest BCUT2D eigenvalue weighted by atomic mass is 32.1. The maximum atomic E-state index is 13.4. The number of halogens is 1. The Morgan fingerprint density at radius 3 is 2.82 bits per heavy atom. The molecule has 38 heavy (non-hydrogen) atoms. The largest absolute Gasteiger partial charge is 0.457 e. The molecule has 4 heterocycles. The highest BCUT2D eigenvalue weighted by Gasteiger charge is 2.19. The number of aromatic nitrogens is 4. The summed E-state index contributed by atoms with van der Waals surface area (Å²) in [6, 6.07) is 10.1. The summed E-state index contributed by atoms with van der Waals surface area (Å²) in [6.07, 6.45) is 10.9. The Morgan fingerprint density at radius 2 is 1.95 bits per heavy atom. The second-order valence-electron chi connectivity index (χ2n) is 10.2. The lowest BCUT2D eigenvalue weighted by atomic mass is 9.91. The molecule has 3 aromatic heterocycles. The molecule has 4 aromatic rings. The molecule has 0 spiro atoms. The van der Waals surface area contributed by atoms with Crippen LogP contribution in [-0.2, 0) is 6.54 Å². The third-order valence-corrected chi connectivity index (χ3v) is 8.40. The van der Waals surface area contributed by atoms with Gasteiger partial charge in [-0.3, -0.25) is 9.67 Å². The minimum Gasteiger partial charge on any atom is -0.457 e. The van der Waals surface area contributed by atoms with E-state index >= 15 is 0 Å². The van der Waals surface area contributed by atoms with E-state index in [1.165, 1.54) is 18.4 Å². The van der Waals surface area contributed by atoms with E-state index in [1.807, 2.05) is 47.4 Å². The predicted molar refractivity (Wildman–Crippen MR) is 151 cm³/mol. The number of pyridine rings is 1. The molecular weight excluding hydrogens is 499 g/mol. The smallest absolute Gasteiger partial charge is 0.184 e. The van der Waals surface area contributed by atoms with E-state index < -0.39 is 6.17 Å². The Hall–Kier alpha value is -3.30. The quantitative estimate of drug-likeness (QED) is 0.255. The zero-order valence-corrected chi connectivity index (χ0v) is 22.3. The van der Waals surface area contributed by atoms with Gasteiger partial charge in [0, 0.05) is 55.8 Å². The number of ether oxygens (including phenoxy) is 1. The summed E-state index contributed by atoms with van der Waals surface area (Å²) >= 11 is 1.65. The Morgan fingerprint density at radius 1 is 1.08 bits per heavy atom. The van der Waals surface area contributed by atoms with Crippen molar-refractivity contribution in [1.29, 1.82) is 0 Å². The highest BCUT2D eigenvalue weighted by molar-refractivity contribution is 7.22. The Bertz CT molecular complexity index is 1410. The van der Waals surface area contributed by atoms with Gasteiger partial charge in [-0.05, 0) is 50.3 Å². The zero-order chi connectivity index (χ0) is 25.9. The number of rotatable bonds is 8. The van der Waals surface area contributed by atoms with Gasteiger partial charge in [0.25, 0.3) is 0 Å². The summed E-state index contributed by atoms with van der Waals surface area (Å²) in [5, 5.41) is 9.02. The summed E-state index contributed by atoms with van der Waals surface area (Å²) < 4.78 is 22.6. The van der Waals surface area contributed by atoms with Gasteiger partial charge >= 0.3 is 0 Å². The number of anilines is 1. The van der Waals surface area contributed by atoms with Crippen molar-refractivity contribution in [3.63, 3.8) is 0 Å². The Kier molecular flexibility index (Phi) is 7.38. The summed E-state index contributed by atoms with van der Waals surface area (Å²) in [5.41, 5.74) is 3.99. The molecule has 6 rings (SSSR count). The first-order valence-electron chi connectivity index (χ1n) is 13.5. The molecule has 1 N–H and O–H groups in total. The monoisotopic (exact) mass is 532 g/mol. The van der Waals surface area contributed by atoms with Gasteiger partial charge in [-0.15, -0.1) is 0 Å². The van der Waals surface area contributed by atoms with Crippen LogP contribution in [-0.4, -0.2) is 56.5 Å². The third-order valence-electron chi connectivity index (χ3n) is 7.45. The lowest BCUT2D eigenvalue weighted by Gasteiger charge is -2.28. The molecule has 198 valence electrons. The number of benzene rings is 1. The van der Waals surface area contributed by atoms with Crippen molar-refractivity contribution in [3.8, 4) is 22.8 Å². The van der Waals surface area contributed by atoms with Crippen LogP contribution in [0.5, 0.6) is 11.5 Å². The number of hydrogen-bond donors (Lipinski definition) is 1. The number of nitrogens with zero attached hydrogens (tertiary/aromatic N) is 5. The van der Waals surface area contributed by atoms with Crippen LogP contribution in [0.15, 0.2) is 61.1 Å². The van der Waals surface area contributed by atoms with E-state index in [4.69, 9.17) is 9.72 Å². The molecule has 0 amide bonds. The standard InChI is InChI=1S/C29H33FN6OS/c1-20-4-2-3-5-25(20)33-29-34-26-7-6-23(17-28(26)38-29)37-24-8-11-31-27(16-24)21-18-32-36(19-21)15-14-35-12-9-22(30)10-13-35/h6-8,11,16-19,22,25H,1-5,9-10,12-15H2,(H,33,34)/t25-/m1/s1. The van der Waals surface area contributed by atoms with Gasteiger partial charge in [-0.1, -0.05) is 29.9 Å². The predicted octanol–water partition coefficient (Wildman–Crippen LogP) is 6.69. The second kappa shape index (κ2) is 11.2. The minimum absolute atomic E-state index is 0.313. The van der Waals surface area contributed by atoms with Crippen LogP contribution < -0.4 is 10.1 Å². The van der Waals surface area contributed by atoms with Crippen molar-refractivity contribution in [2.24, 2.45) is 0 Å². The molecule has 0 radical (unpaired) electrons. The lowest BCUT2D eigenvalue weighted by molar-refractivity contribution is 0.146. The SMILES string of the molecule is C=C1CCCC[C@H]1Nc1nc2ccc(Oc3ccnc(-c4cnn(CCN5CCC(F)CC5)c4)c3)cc2s1. The summed E-state index contributed by atoms with van der Waals surface area (Å²) in [4.78, 5) is 11.6. The van der Waals surface area contributed by atoms with Crippen LogP contribution in [0.25, 0.3) is 21.5 Å². The van der Waals surface area contributed by atoms with E-state index in [1.54, 1.807) is 17.5 Å². The number of piperidine rings is 1. The lowest BCUT2D eigenvalue weighted by Crippen LogP contribution is -2.36. The number of thiazole rings is 1. The third kappa shape index (κ3) is 5.89. The second-order valence-corrected chi connectivity index (χ2v) is 11.3. The van der Waals surface area contributed by atoms with Crippen LogP contribution in [0.4, 0.5) is 9.52 Å². The van der Waals surface area contributed by atoms with E-state index in [0.29, 0.717) is 18.9 Å². The van der Waals surface area contributed by atoms with Gasteiger partial charge in [0.15, 0.2) is 5.13 Å². The van der Waals surface area contributed by atoms with Gasteiger partial charge in [0.2, 0.25) is 0 Å². The van der Waals surface area contributed by atoms with Gasteiger partial charge in [0.05, 0.1) is 28.7 Å². The van der Waals surface area contributed by atoms with E-state index in [2.05, 4.69) is 26.9 Å².